The molecule has 0 saturated heterocycles. The summed E-state index contributed by atoms with van der Waals surface area (Å²) in [5, 5.41) is 2.33. The van der Waals surface area contributed by atoms with E-state index in [2.05, 4.69) is 362 Å². The average molecular weight is 1150 g/mol. The van der Waals surface area contributed by atoms with Crippen LogP contribution in [0.3, 0.4) is 0 Å². The molecule has 0 unspecified atom stereocenters. The highest BCUT2D eigenvalue weighted by atomic mass is 32.3. The van der Waals surface area contributed by atoms with E-state index in [1.165, 1.54) is 49.9 Å². The maximum atomic E-state index is 5.91. The molecular weight excluding hydrogens is 1090 g/mol. The molecule has 414 valence electrons. The van der Waals surface area contributed by atoms with E-state index in [1.807, 2.05) is 0 Å². The molecule has 0 amide bonds. The van der Waals surface area contributed by atoms with Gasteiger partial charge in [0.1, 0.15) is 5.82 Å². The van der Waals surface area contributed by atoms with Crippen molar-refractivity contribution in [2.24, 2.45) is 0 Å². The van der Waals surface area contributed by atoms with Crippen LogP contribution in [-0.2, 0) is 0 Å². The Morgan fingerprint density at radius 3 is 0.931 bits per heavy atom. The highest BCUT2D eigenvalue weighted by Gasteiger charge is 2.39. The SMILES string of the molecule is c1ccc(-c2cccc(-c3cc(-n4c5ccccc5c5ccccc54)nc(-c4cc(S(c5ccccc5)(c5ccccc5)c5cccc(-c6ccccc6)c5)cc(S(c5ccccc5)(c5ccccc5)c5cccc(-c6ccccc6)c5)c4)n3)c2)cc1. The van der Waals surface area contributed by atoms with Crippen molar-refractivity contribution < 1.29 is 0 Å². The fraction of sp³-hybridized carbons (Fsp3) is 0. The summed E-state index contributed by atoms with van der Waals surface area (Å²) in [6.45, 7) is 0. The summed E-state index contributed by atoms with van der Waals surface area (Å²) in [7, 11) is -4.82. The van der Waals surface area contributed by atoms with Gasteiger partial charge in [0.05, 0.1) is 16.7 Å². The van der Waals surface area contributed by atoms with Crippen molar-refractivity contribution >= 4 is 41.9 Å². The Morgan fingerprint density at radius 2 is 0.517 bits per heavy atom. The van der Waals surface area contributed by atoms with Gasteiger partial charge >= 0.3 is 0 Å². The molecule has 0 saturated carbocycles. The minimum atomic E-state index is -2.41. The number of hydrogen-bond donors (Lipinski definition) is 0. The van der Waals surface area contributed by atoms with Crippen molar-refractivity contribution in [2.75, 3.05) is 0 Å². The smallest absolute Gasteiger partial charge is 0.162 e. The van der Waals surface area contributed by atoms with Crippen LogP contribution in [0.4, 0.5) is 0 Å². The molecule has 87 heavy (non-hydrogen) atoms. The van der Waals surface area contributed by atoms with Gasteiger partial charge in [0.25, 0.3) is 0 Å². The molecule has 15 rings (SSSR count). The van der Waals surface area contributed by atoms with E-state index in [-0.39, 0.29) is 0 Å². The fourth-order valence-electron chi connectivity index (χ4n) is 12.7. The summed E-state index contributed by atoms with van der Waals surface area (Å²) in [6, 6.07) is 132. The van der Waals surface area contributed by atoms with Crippen LogP contribution in [0.5, 0.6) is 0 Å². The third-order valence-corrected chi connectivity index (χ3v) is 24.3. The molecule has 0 aliphatic carbocycles. The van der Waals surface area contributed by atoms with Gasteiger partial charge in [0, 0.05) is 67.1 Å². The lowest BCUT2D eigenvalue weighted by Gasteiger charge is -2.45. The van der Waals surface area contributed by atoms with Crippen LogP contribution >= 0.6 is 20.1 Å². The molecule has 0 spiro atoms. The Morgan fingerprint density at radius 1 is 0.207 bits per heavy atom. The summed E-state index contributed by atoms with van der Waals surface area (Å²) < 4.78 is 2.34. The van der Waals surface area contributed by atoms with Crippen LogP contribution in [0, 0.1) is 0 Å². The van der Waals surface area contributed by atoms with Gasteiger partial charge in [-0.3, -0.25) is 4.57 Å². The van der Waals surface area contributed by atoms with Gasteiger partial charge in [0.2, 0.25) is 0 Å². The van der Waals surface area contributed by atoms with E-state index >= 15 is 0 Å². The minimum Gasteiger partial charge on any atom is -0.294 e. The van der Waals surface area contributed by atoms with E-state index < -0.39 is 20.1 Å². The monoisotopic (exact) mass is 1150 g/mol. The number of benzene rings is 13. The second-order valence-corrected chi connectivity index (χ2v) is 27.9. The zero-order valence-electron chi connectivity index (χ0n) is 47.7. The van der Waals surface area contributed by atoms with Crippen LogP contribution in [0.25, 0.3) is 83.6 Å². The number of fused-ring (bicyclic) bond motifs is 3. The van der Waals surface area contributed by atoms with Crippen LogP contribution < -0.4 is 0 Å². The molecule has 0 fully saturated rings. The van der Waals surface area contributed by atoms with Crippen LogP contribution in [0.1, 0.15) is 0 Å². The molecule has 3 nitrogen and oxygen atoms in total. The average Bonchev–Trinajstić information content (AvgIpc) is 1.63. The molecule has 0 N–H and O–H groups in total. The Hall–Kier alpha value is -10.6. The molecule has 2 aromatic heterocycles. The third-order valence-electron chi connectivity index (χ3n) is 16.6. The first kappa shape index (κ1) is 53.2. The first-order valence-electron chi connectivity index (χ1n) is 29.5. The van der Waals surface area contributed by atoms with Crippen LogP contribution in [-0.4, -0.2) is 14.5 Å². The van der Waals surface area contributed by atoms with Crippen molar-refractivity contribution in [2.45, 2.75) is 39.2 Å². The summed E-state index contributed by atoms with van der Waals surface area (Å²) >= 11 is 0. The number of hydrogen-bond acceptors (Lipinski definition) is 2. The standard InChI is InChI=1S/C82H59N3S2/c1-8-29-60(30-9-1)63-35-26-38-66(53-63)78-59-81(85-79-51-24-22-49-76(79)77-50-23-25-52-80(77)85)84-82(83-78)67-56-74(86(68-39-14-4-15-40-68,69-41-16-5-17-42-69)72-47-27-36-64(54-72)61-31-10-2-11-32-61)58-75(57-67)87(70-43-18-6-19-44-70,71-45-20-7-21-46-71)73-48-28-37-65(55-73)62-33-12-3-13-34-62/h1-59H. The van der Waals surface area contributed by atoms with Crippen molar-refractivity contribution in [1.82, 2.24) is 14.5 Å². The molecule has 15 aromatic rings. The zero-order chi connectivity index (χ0) is 58.0. The lowest BCUT2D eigenvalue weighted by Crippen LogP contribution is -2.10. The number of rotatable bonds is 14. The van der Waals surface area contributed by atoms with E-state index in [9.17, 15) is 0 Å². The number of para-hydroxylation sites is 2. The molecule has 13 aromatic carbocycles. The summed E-state index contributed by atoms with van der Waals surface area (Å²) in [5.41, 5.74) is 11.8. The molecular formula is C82H59N3S2. The van der Waals surface area contributed by atoms with Gasteiger partial charge in [-0.1, -0.05) is 243 Å². The van der Waals surface area contributed by atoms with Crippen LogP contribution in [0.15, 0.2) is 397 Å². The Kier molecular flexibility index (Phi) is 14.1. The van der Waals surface area contributed by atoms with Crippen molar-refractivity contribution in [1.29, 1.82) is 0 Å². The summed E-state index contributed by atoms with van der Waals surface area (Å²) in [6.07, 6.45) is 0. The van der Waals surface area contributed by atoms with E-state index in [0.29, 0.717) is 5.82 Å². The summed E-state index contributed by atoms with van der Waals surface area (Å²) in [5.74, 6) is 1.41. The molecule has 0 aliphatic rings. The molecule has 0 radical (unpaired) electrons. The Bertz CT molecular complexity index is 4580. The normalized spacial score (nSPS) is 12.0. The highest BCUT2D eigenvalue weighted by Crippen LogP contribution is 2.78. The van der Waals surface area contributed by atoms with Gasteiger partial charge < -0.3 is 0 Å². The first-order valence-corrected chi connectivity index (χ1v) is 32.8. The maximum absolute atomic E-state index is 5.91. The molecule has 0 aliphatic heterocycles. The highest BCUT2D eigenvalue weighted by molar-refractivity contribution is 8.34. The molecule has 0 atom stereocenters. The van der Waals surface area contributed by atoms with Gasteiger partial charge in [-0.15, -0.1) is 20.1 Å². The maximum Gasteiger partial charge on any atom is 0.162 e. The summed E-state index contributed by atoms with van der Waals surface area (Å²) in [4.78, 5) is 21.4. The zero-order valence-corrected chi connectivity index (χ0v) is 49.4. The predicted octanol–water partition coefficient (Wildman–Crippen LogP) is 22.6. The minimum absolute atomic E-state index is 0.623. The van der Waals surface area contributed by atoms with Gasteiger partial charge in [-0.25, -0.2) is 9.97 Å². The van der Waals surface area contributed by atoms with Gasteiger partial charge in [-0.05, 0) is 143 Å². The number of nitrogens with zero attached hydrogens (tertiary/aromatic N) is 3. The molecule has 0 bridgehead atoms. The van der Waals surface area contributed by atoms with Gasteiger partial charge in [-0.2, -0.15) is 0 Å². The lowest BCUT2D eigenvalue weighted by atomic mass is 10.0. The first-order chi connectivity index (χ1) is 43.1. The van der Waals surface area contributed by atoms with E-state index in [1.54, 1.807) is 0 Å². The van der Waals surface area contributed by atoms with Gasteiger partial charge in [0.15, 0.2) is 5.82 Å². The number of aromatic nitrogens is 3. The quantitative estimate of drug-likeness (QED) is 0.109. The second kappa shape index (κ2) is 23.1. The Balaban J connectivity index is 1.11. The van der Waals surface area contributed by atoms with Crippen molar-refractivity contribution in [3.63, 3.8) is 0 Å². The fourth-order valence-corrected chi connectivity index (χ4v) is 20.7. The lowest BCUT2D eigenvalue weighted by molar-refractivity contribution is 1.04. The van der Waals surface area contributed by atoms with E-state index in [4.69, 9.17) is 9.97 Å². The van der Waals surface area contributed by atoms with Crippen LogP contribution in [0.2, 0.25) is 0 Å². The Labute approximate surface area is 511 Å². The van der Waals surface area contributed by atoms with Crippen molar-refractivity contribution in [3.8, 4) is 61.8 Å². The largest absolute Gasteiger partial charge is 0.294 e. The second-order valence-electron chi connectivity index (χ2n) is 21.7. The molecule has 5 heteroatoms. The third kappa shape index (κ3) is 9.64. The predicted molar refractivity (Wildman–Crippen MR) is 364 cm³/mol. The topological polar surface area (TPSA) is 30.7 Å². The van der Waals surface area contributed by atoms with E-state index in [0.717, 1.165) is 67.1 Å². The molecule has 2 heterocycles. The van der Waals surface area contributed by atoms with Crippen molar-refractivity contribution in [3.05, 3.63) is 358 Å².